The van der Waals surface area contributed by atoms with Gasteiger partial charge >= 0.3 is 0 Å². The number of sulfonamides is 1. The van der Waals surface area contributed by atoms with E-state index in [1.807, 2.05) is 6.92 Å². The second-order valence-electron chi connectivity index (χ2n) is 10.6. The predicted molar refractivity (Wildman–Crippen MR) is 178 cm³/mol. The van der Waals surface area contributed by atoms with Crippen molar-refractivity contribution in [2.24, 2.45) is 0 Å². The number of amides is 2. The summed E-state index contributed by atoms with van der Waals surface area (Å²) in [6.45, 7) is 3.26. The Morgan fingerprint density at radius 1 is 0.977 bits per heavy atom. The van der Waals surface area contributed by atoms with Crippen LogP contribution in [0.15, 0.2) is 76.1 Å². The maximum Gasteiger partial charge on any atom is 0.264 e. The molecule has 1 aliphatic rings. The Balaban J connectivity index is 1.71. The Morgan fingerprint density at radius 3 is 2.18 bits per heavy atom. The van der Waals surface area contributed by atoms with Crippen molar-refractivity contribution >= 4 is 66.7 Å². The van der Waals surface area contributed by atoms with Crippen LogP contribution >= 0.6 is 39.1 Å². The number of hydrogen-bond acceptors (Lipinski definition) is 5. The molecular weight excluding hydrogens is 689 g/mol. The summed E-state index contributed by atoms with van der Waals surface area (Å²) in [5.74, 6) is -0.356. The van der Waals surface area contributed by atoms with E-state index in [4.69, 9.17) is 27.9 Å². The zero-order chi connectivity index (χ0) is 31.9. The Hall–Kier alpha value is -2.79. The first kappa shape index (κ1) is 34.1. The number of hydrogen-bond donors (Lipinski definition) is 1. The van der Waals surface area contributed by atoms with Crippen molar-refractivity contribution in [3.05, 3.63) is 86.8 Å². The summed E-state index contributed by atoms with van der Waals surface area (Å²) in [6.07, 6.45) is 4.94. The van der Waals surface area contributed by atoms with Crippen molar-refractivity contribution in [2.75, 3.05) is 17.5 Å². The minimum absolute atomic E-state index is 0.00572. The Labute approximate surface area is 277 Å². The minimum atomic E-state index is -4.21. The number of anilines is 1. The first-order valence-electron chi connectivity index (χ1n) is 14.5. The normalized spacial score (nSPS) is 14.5. The van der Waals surface area contributed by atoms with Gasteiger partial charge in [-0.05, 0) is 87.4 Å². The summed E-state index contributed by atoms with van der Waals surface area (Å²) >= 11 is 16.3. The lowest BCUT2D eigenvalue weighted by molar-refractivity contribution is -0.139. The third kappa shape index (κ3) is 8.47. The molecule has 1 aliphatic carbocycles. The van der Waals surface area contributed by atoms with E-state index in [2.05, 4.69) is 21.2 Å². The lowest BCUT2D eigenvalue weighted by Gasteiger charge is -2.33. The molecule has 3 aromatic rings. The van der Waals surface area contributed by atoms with Crippen molar-refractivity contribution in [1.82, 2.24) is 10.2 Å². The fourth-order valence-corrected chi connectivity index (χ4v) is 7.34. The van der Waals surface area contributed by atoms with E-state index in [9.17, 15) is 18.0 Å². The van der Waals surface area contributed by atoms with E-state index < -0.39 is 28.5 Å². The Morgan fingerprint density at radius 2 is 1.59 bits per heavy atom. The molecule has 1 fully saturated rings. The van der Waals surface area contributed by atoms with Gasteiger partial charge in [0.15, 0.2) is 0 Å². The first-order chi connectivity index (χ1) is 21.0. The van der Waals surface area contributed by atoms with E-state index in [0.29, 0.717) is 32.4 Å². The molecular formula is C32H36BrCl2N3O5S. The molecule has 8 nitrogen and oxygen atoms in total. The molecule has 0 aliphatic heterocycles. The van der Waals surface area contributed by atoms with Crippen LogP contribution in [0.25, 0.3) is 0 Å². The fraction of sp³-hybridized carbons (Fsp3) is 0.375. The standard InChI is InChI=1S/C32H36BrCl2N3O5S/c1-3-43-26-16-14-25(15-17-26)38(44(41,42)27-18-12-23(33)13-19-27)21-31(39)37(20-28-29(34)10-7-11-30(28)35)22(2)32(40)36-24-8-5-4-6-9-24/h7,10-19,22,24H,3-6,8-9,20-21H2,1-2H3,(H,36,40)/t22-/m0/s1. The van der Waals surface area contributed by atoms with Crippen molar-refractivity contribution in [1.29, 1.82) is 0 Å². The Kier molecular flexibility index (Phi) is 12.0. The van der Waals surface area contributed by atoms with Crippen molar-refractivity contribution in [3.8, 4) is 5.75 Å². The molecule has 12 heteroatoms. The smallest absolute Gasteiger partial charge is 0.264 e. The maximum atomic E-state index is 14.2. The molecule has 3 aromatic carbocycles. The highest BCUT2D eigenvalue weighted by molar-refractivity contribution is 9.10. The summed E-state index contributed by atoms with van der Waals surface area (Å²) in [6, 6.07) is 16.7. The number of benzene rings is 3. The van der Waals surface area contributed by atoms with Gasteiger partial charge in [0.2, 0.25) is 11.8 Å². The van der Waals surface area contributed by atoms with E-state index in [1.165, 1.54) is 17.0 Å². The zero-order valence-electron chi connectivity index (χ0n) is 24.6. The number of ether oxygens (including phenoxy) is 1. The molecule has 4 rings (SSSR count). The summed E-state index contributed by atoms with van der Waals surface area (Å²) in [4.78, 5) is 29.1. The maximum absolute atomic E-state index is 14.2. The summed E-state index contributed by atoms with van der Waals surface area (Å²) in [7, 11) is -4.21. The van der Waals surface area contributed by atoms with Crippen LogP contribution in [0.1, 0.15) is 51.5 Å². The third-order valence-electron chi connectivity index (χ3n) is 7.63. The van der Waals surface area contributed by atoms with Crippen LogP contribution in [0.2, 0.25) is 10.0 Å². The largest absolute Gasteiger partial charge is 0.494 e. The number of nitrogens with zero attached hydrogens (tertiary/aromatic N) is 2. The predicted octanol–water partition coefficient (Wildman–Crippen LogP) is 7.22. The number of rotatable bonds is 12. The lowest BCUT2D eigenvalue weighted by atomic mass is 9.95. The highest BCUT2D eigenvalue weighted by Gasteiger charge is 2.34. The van der Waals surface area contributed by atoms with Gasteiger partial charge in [-0.15, -0.1) is 0 Å². The van der Waals surface area contributed by atoms with Crippen molar-refractivity contribution < 1.29 is 22.7 Å². The van der Waals surface area contributed by atoms with Crippen LogP contribution in [0, 0.1) is 0 Å². The molecule has 0 saturated heterocycles. The van der Waals surface area contributed by atoms with Crippen LogP contribution in [0.3, 0.4) is 0 Å². The van der Waals surface area contributed by atoms with Gasteiger partial charge in [-0.25, -0.2) is 8.42 Å². The molecule has 2 amide bonds. The number of carbonyl (C=O) groups is 2. The molecule has 0 unspecified atom stereocenters. The second-order valence-corrected chi connectivity index (χ2v) is 14.2. The number of nitrogens with one attached hydrogen (secondary N) is 1. The van der Waals surface area contributed by atoms with Gasteiger partial charge < -0.3 is 15.0 Å². The molecule has 0 heterocycles. The van der Waals surface area contributed by atoms with Gasteiger partial charge in [-0.2, -0.15) is 0 Å². The Bertz CT molecular complexity index is 1530. The molecule has 1 N–H and O–H groups in total. The van der Waals surface area contributed by atoms with Crippen molar-refractivity contribution in [3.63, 3.8) is 0 Å². The topological polar surface area (TPSA) is 96.0 Å². The first-order valence-corrected chi connectivity index (χ1v) is 17.5. The third-order valence-corrected chi connectivity index (χ3v) is 10.7. The average molecular weight is 726 g/mol. The quantitative estimate of drug-likeness (QED) is 0.213. The molecule has 0 aromatic heterocycles. The van der Waals surface area contributed by atoms with Crippen LogP contribution in [-0.4, -0.2) is 50.4 Å². The monoisotopic (exact) mass is 723 g/mol. The van der Waals surface area contributed by atoms with Crippen LogP contribution in [0.4, 0.5) is 5.69 Å². The minimum Gasteiger partial charge on any atom is -0.494 e. The van der Waals surface area contributed by atoms with Gasteiger partial charge in [-0.1, -0.05) is 64.5 Å². The van der Waals surface area contributed by atoms with Gasteiger partial charge in [0, 0.05) is 32.7 Å². The fourth-order valence-electron chi connectivity index (χ4n) is 5.14. The van der Waals surface area contributed by atoms with Crippen LogP contribution in [-0.2, 0) is 26.2 Å². The van der Waals surface area contributed by atoms with Gasteiger partial charge in [-0.3, -0.25) is 13.9 Å². The average Bonchev–Trinajstić information content (AvgIpc) is 3.00. The SMILES string of the molecule is CCOc1ccc(N(CC(=O)N(Cc2c(Cl)cccc2Cl)[C@@H](C)C(=O)NC2CCCCC2)S(=O)(=O)c2ccc(Br)cc2)cc1. The summed E-state index contributed by atoms with van der Waals surface area (Å²) in [5, 5.41) is 3.75. The molecule has 1 saturated carbocycles. The number of carbonyl (C=O) groups excluding carboxylic acids is 2. The summed E-state index contributed by atoms with van der Waals surface area (Å²) < 4.78 is 35.4. The summed E-state index contributed by atoms with van der Waals surface area (Å²) in [5.41, 5.74) is 0.727. The zero-order valence-corrected chi connectivity index (χ0v) is 28.6. The van der Waals surface area contributed by atoms with E-state index in [-0.39, 0.29) is 29.1 Å². The molecule has 0 spiro atoms. The van der Waals surface area contributed by atoms with E-state index in [1.54, 1.807) is 61.5 Å². The van der Waals surface area contributed by atoms with Gasteiger partial charge in [0.1, 0.15) is 18.3 Å². The molecule has 1 atom stereocenters. The second kappa shape index (κ2) is 15.5. The van der Waals surface area contributed by atoms with Crippen LogP contribution < -0.4 is 14.4 Å². The van der Waals surface area contributed by atoms with E-state index >= 15 is 0 Å². The van der Waals surface area contributed by atoms with Gasteiger partial charge in [0.25, 0.3) is 10.0 Å². The number of halogens is 3. The lowest BCUT2D eigenvalue weighted by Crippen LogP contribution is -2.53. The van der Waals surface area contributed by atoms with E-state index in [0.717, 1.165) is 36.4 Å². The molecule has 236 valence electrons. The van der Waals surface area contributed by atoms with Gasteiger partial charge in [0.05, 0.1) is 17.2 Å². The van der Waals surface area contributed by atoms with Crippen molar-refractivity contribution in [2.45, 2.75) is 69.5 Å². The highest BCUT2D eigenvalue weighted by atomic mass is 79.9. The molecule has 44 heavy (non-hydrogen) atoms. The molecule has 0 radical (unpaired) electrons. The highest BCUT2D eigenvalue weighted by Crippen LogP contribution is 2.30. The molecule has 0 bridgehead atoms. The van der Waals surface area contributed by atoms with Crippen LogP contribution in [0.5, 0.6) is 5.75 Å².